The normalized spacial score (nSPS) is 22.1. The van der Waals surface area contributed by atoms with Gasteiger partial charge in [0.25, 0.3) is 0 Å². The minimum absolute atomic E-state index is 0.0503. The van der Waals surface area contributed by atoms with E-state index >= 15 is 0 Å². The number of carbonyl (C=O) groups is 2. The standard InChI is InChI=1S/C17H23NO5S2/c1-11-7-15(12(2)18(11)13-3-4-13)16(19)8-23-17(20)9-24-14-5-6-25(21,22)10-14/h7,13-14H,3-6,8-10H2,1-2H3/t14-/m0/s1. The fourth-order valence-electron chi connectivity index (χ4n) is 3.30. The Labute approximate surface area is 152 Å². The van der Waals surface area contributed by atoms with Crippen LogP contribution in [0.3, 0.4) is 0 Å². The van der Waals surface area contributed by atoms with Crippen molar-refractivity contribution in [1.82, 2.24) is 4.57 Å². The zero-order chi connectivity index (χ0) is 18.2. The molecule has 2 fully saturated rings. The lowest BCUT2D eigenvalue weighted by atomic mass is 10.1. The number of sulfone groups is 1. The topological polar surface area (TPSA) is 82.4 Å². The van der Waals surface area contributed by atoms with Crippen LogP contribution in [-0.2, 0) is 19.4 Å². The first-order valence-corrected chi connectivity index (χ1v) is 11.3. The summed E-state index contributed by atoms with van der Waals surface area (Å²) in [6.07, 6.45) is 2.87. The number of aryl methyl sites for hydroxylation is 1. The molecule has 0 unspecified atom stereocenters. The molecule has 1 atom stereocenters. The lowest BCUT2D eigenvalue weighted by Crippen LogP contribution is -2.18. The highest BCUT2D eigenvalue weighted by molar-refractivity contribution is 8.02. The third kappa shape index (κ3) is 4.47. The zero-order valence-corrected chi connectivity index (χ0v) is 16.1. The third-order valence-electron chi connectivity index (χ3n) is 4.69. The third-order valence-corrected chi connectivity index (χ3v) is 7.94. The summed E-state index contributed by atoms with van der Waals surface area (Å²) in [6, 6.07) is 2.37. The molecule has 1 saturated carbocycles. The van der Waals surface area contributed by atoms with E-state index in [9.17, 15) is 18.0 Å². The fraction of sp³-hybridized carbons (Fsp3) is 0.647. The van der Waals surface area contributed by atoms with Crippen LogP contribution in [-0.4, -0.2) is 53.9 Å². The van der Waals surface area contributed by atoms with Crippen molar-refractivity contribution in [2.45, 2.75) is 44.4 Å². The Hall–Kier alpha value is -1.28. The molecule has 138 valence electrons. The van der Waals surface area contributed by atoms with Gasteiger partial charge in [-0.2, -0.15) is 0 Å². The van der Waals surface area contributed by atoms with Crippen LogP contribution in [0, 0.1) is 13.8 Å². The Kier molecular flexibility index (Phi) is 5.29. The van der Waals surface area contributed by atoms with Crippen LogP contribution >= 0.6 is 11.8 Å². The number of esters is 1. The maximum Gasteiger partial charge on any atom is 0.316 e. The lowest BCUT2D eigenvalue weighted by Gasteiger charge is -2.09. The molecule has 6 nitrogen and oxygen atoms in total. The average Bonchev–Trinajstić information content (AvgIpc) is 3.24. The van der Waals surface area contributed by atoms with Gasteiger partial charge in [-0.3, -0.25) is 9.59 Å². The van der Waals surface area contributed by atoms with E-state index < -0.39 is 15.8 Å². The minimum atomic E-state index is -2.94. The molecule has 8 heteroatoms. The SMILES string of the molecule is Cc1cc(C(=O)COC(=O)CS[C@H]2CCS(=O)(=O)C2)c(C)n1C1CC1. The van der Waals surface area contributed by atoms with E-state index in [1.54, 1.807) is 0 Å². The number of nitrogens with zero attached hydrogens (tertiary/aromatic N) is 1. The molecular weight excluding hydrogens is 362 g/mol. The number of aromatic nitrogens is 1. The maximum atomic E-state index is 12.3. The van der Waals surface area contributed by atoms with Gasteiger partial charge in [0, 0.05) is 28.2 Å². The smallest absolute Gasteiger partial charge is 0.316 e. The van der Waals surface area contributed by atoms with Crippen LogP contribution in [0.25, 0.3) is 0 Å². The molecule has 25 heavy (non-hydrogen) atoms. The number of Topliss-reactive ketones (excluding diaryl/α,β-unsaturated/α-hetero) is 1. The number of thioether (sulfide) groups is 1. The monoisotopic (exact) mass is 385 g/mol. The Morgan fingerprint density at radius 3 is 2.60 bits per heavy atom. The van der Waals surface area contributed by atoms with Gasteiger partial charge in [-0.15, -0.1) is 11.8 Å². The van der Waals surface area contributed by atoms with Crippen LogP contribution in [0.4, 0.5) is 0 Å². The molecule has 2 aliphatic rings. The van der Waals surface area contributed by atoms with Crippen LogP contribution in [0.2, 0.25) is 0 Å². The van der Waals surface area contributed by atoms with Gasteiger partial charge in [0.2, 0.25) is 5.78 Å². The lowest BCUT2D eigenvalue weighted by molar-refractivity contribution is -0.139. The van der Waals surface area contributed by atoms with Gasteiger partial charge in [-0.25, -0.2) is 8.42 Å². The van der Waals surface area contributed by atoms with Gasteiger partial charge in [-0.05, 0) is 39.2 Å². The summed E-state index contributed by atoms with van der Waals surface area (Å²) in [4.78, 5) is 24.2. The first-order valence-electron chi connectivity index (χ1n) is 8.46. The van der Waals surface area contributed by atoms with Crippen molar-refractivity contribution in [1.29, 1.82) is 0 Å². The largest absolute Gasteiger partial charge is 0.457 e. The van der Waals surface area contributed by atoms with Crippen LogP contribution in [0.5, 0.6) is 0 Å². The first kappa shape index (κ1) is 18.5. The quantitative estimate of drug-likeness (QED) is 0.528. The van der Waals surface area contributed by atoms with E-state index in [2.05, 4.69) is 4.57 Å². The number of ketones is 1. The van der Waals surface area contributed by atoms with E-state index in [4.69, 9.17) is 4.74 Å². The highest BCUT2D eigenvalue weighted by atomic mass is 32.2. The molecule has 3 rings (SSSR count). The molecule has 1 aliphatic heterocycles. The summed E-state index contributed by atoms with van der Waals surface area (Å²) in [5, 5.41) is -0.0503. The van der Waals surface area contributed by atoms with Crippen LogP contribution in [0.15, 0.2) is 6.07 Å². The van der Waals surface area contributed by atoms with Crippen molar-refractivity contribution in [2.75, 3.05) is 23.9 Å². The second-order valence-electron chi connectivity index (χ2n) is 6.81. The summed E-state index contributed by atoms with van der Waals surface area (Å²) < 4.78 is 30.1. The van der Waals surface area contributed by atoms with Crippen molar-refractivity contribution in [2.24, 2.45) is 0 Å². The van der Waals surface area contributed by atoms with E-state index in [0.29, 0.717) is 18.0 Å². The van der Waals surface area contributed by atoms with E-state index in [0.717, 1.165) is 24.2 Å². The van der Waals surface area contributed by atoms with Gasteiger partial charge >= 0.3 is 5.97 Å². The molecule has 0 radical (unpaired) electrons. The highest BCUT2D eigenvalue weighted by Gasteiger charge is 2.30. The summed E-state index contributed by atoms with van der Waals surface area (Å²) in [5.41, 5.74) is 2.62. The summed E-state index contributed by atoms with van der Waals surface area (Å²) in [6.45, 7) is 3.65. The minimum Gasteiger partial charge on any atom is -0.457 e. The molecule has 2 heterocycles. The van der Waals surface area contributed by atoms with Crippen LogP contribution < -0.4 is 0 Å². The highest BCUT2D eigenvalue weighted by Crippen LogP contribution is 2.38. The second-order valence-corrected chi connectivity index (χ2v) is 10.3. The van der Waals surface area contributed by atoms with Crippen molar-refractivity contribution in [3.05, 3.63) is 23.0 Å². The van der Waals surface area contributed by atoms with Crippen molar-refractivity contribution in [3.8, 4) is 0 Å². The maximum absolute atomic E-state index is 12.3. The van der Waals surface area contributed by atoms with Crippen molar-refractivity contribution >= 4 is 33.4 Å². The molecule has 0 bridgehead atoms. The predicted molar refractivity (Wildman–Crippen MR) is 97.0 cm³/mol. The molecule has 0 amide bonds. The summed E-state index contributed by atoms with van der Waals surface area (Å²) in [7, 11) is -2.94. The van der Waals surface area contributed by atoms with Crippen molar-refractivity contribution < 1.29 is 22.7 Å². The number of hydrogen-bond acceptors (Lipinski definition) is 6. The molecule has 1 aromatic rings. The molecule has 0 N–H and O–H groups in total. The number of hydrogen-bond donors (Lipinski definition) is 0. The Morgan fingerprint density at radius 1 is 1.28 bits per heavy atom. The second kappa shape index (κ2) is 7.15. The van der Waals surface area contributed by atoms with E-state index in [1.807, 2.05) is 19.9 Å². The van der Waals surface area contributed by atoms with E-state index in [1.165, 1.54) is 11.8 Å². The van der Waals surface area contributed by atoms with Crippen molar-refractivity contribution in [3.63, 3.8) is 0 Å². The van der Waals surface area contributed by atoms with Gasteiger partial charge in [0.15, 0.2) is 16.4 Å². The number of rotatable bonds is 7. The fourth-order valence-corrected chi connectivity index (χ4v) is 6.74. The predicted octanol–water partition coefficient (Wildman–Crippen LogP) is 2.09. The molecule has 1 aromatic heterocycles. The molecular formula is C17H23NO5S2. The summed E-state index contributed by atoms with van der Waals surface area (Å²) in [5.74, 6) is -0.277. The first-order chi connectivity index (χ1) is 11.8. The summed E-state index contributed by atoms with van der Waals surface area (Å²) >= 11 is 1.29. The van der Waals surface area contributed by atoms with Crippen LogP contribution in [0.1, 0.15) is 47.1 Å². The number of ether oxygens (including phenoxy) is 1. The zero-order valence-electron chi connectivity index (χ0n) is 14.5. The average molecular weight is 386 g/mol. The molecule has 1 aliphatic carbocycles. The van der Waals surface area contributed by atoms with Gasteiger partial charge in [-0.1, -0.05) is 0 Å². The number of carbonyl (C=O) groups excluding carboxylic acids is 2. The van der Waals surface area contributed by atoms with Gasteiger partial charge < -0.3 is 9.30 Å². The Morgan fingerprint density at radius 2 is 2.00 bits per heavy atom. The molecule has 1 saturated heterocycles. The Bertz CT molecular complexity index is 792. The van der Waals surface area contributed by atoms with E-state index in [-0.39, 0.29) is 34.9 Å². The van der Waals surface area contributed by atoms with Gasteiger partial charge in [0.05, 0.1) is 17.3 Å². The Balaban J connectivity index is 1.47. The molecule has 0 spiro atoms. The van der Waals surface area contributed by atoms with Gasteiger partial charge in [0.1, 0.15) is 0 Å². The molecule has 0 aromatic carbocycles.